The Labute approximate surface area is 153 Å². The van der Waals surface area contributed by atoms with Crippen LogP contribution in [0.25, 0.3) is 0 Å². The van der Waals surface area contributed by atoms with Crippen LogP contribution in [0, 0.1) is 11.3 Å². The van der Waals surface area contributed by atoms with Gasteiger partial charge in [0.2, 0.25) is 0 Å². The molecule has 2 rings (SSSR count). The molecule has 132 valence electrons. The van der Waals surface area contributed by atoms with Crippen LogP contribution >= 0.6 is 23.2 Å². The van der Waals surface area contributed by atoms with Crippen LogP contribution in [0.2, 0.25) is 10.0 Å². The van der Waals surface area contributed by atoms with Crippen molar-refractivity contribution < 1.29 is 9.59 Å². The van der Waals surface area contributed by atoms with Gasteiger partial charge in [-0.3, -0.25) is 9.59 Å². The number of benzene rings is 1. The fourth-order valence-electron chi connectivity index (χ4n) is 3.17. The summed E-state index contributed by atoms with van der Waals surface area (Å²) in [5.74, 6) is -0.662. The molecule has 4 nitrogen and oxygen atoms in total. The topological polar surface area (TPSA) is 58.2 Å². The number of rotatable bonds is 2. The third kappa shape index (κ3) is 5.38. The van der Waals surface area contributed by atoms with Crippen molar-refractivity contribution in [3.05, 3.63) is 28.2 Å². The Hall–Kier alpha value is -1.26. The van der Waals surface area contributed by atoms with E-state index in [9.17, 15) is 9.59 Å². The molecule has 0 spiro atoms. The van der Waals surface area contributed by atoms with Gasteiger partial charge < -0.3 is 10.6 Å². The first-order valence-corrected chi connectivity index (χ1v) is 8.98. The summed E-state index contributed by atoms with van der Waals surface area (Å²) in [5, 5.41) is 6.15. The highest BCUT2D eigenvalue weighted by Gasteiger charge is 2.30. The van der Waals surface area contributed by atoms with Gasteiger partial charge in [0.25, 0.3) is 0 Å². The van der Waals surface area contributed by atoms with Gasteiger partial charge in [0.05, 0.1) is 0 Å². The maximum atomic E-state index is 12.1. The lowest BCUT2D eigenvalue weighted by atomic mass is 9.71. The minimum absolute atomic E-state index is 0.0600. The van der Waals surface area contributed by atoms with Gasteiger partial charge in [-0.15, -0.1) is 0 Å². The van der Waals surface area contributed by atoms with Crippen LogP contribution in [0.4, 0.5) is 5.69 Å². The summed E-state index contributed by atoms with van der Waals surface area (Å²) in [6, 6.07) is 4.72. The maximum absolute atomic E-state index is 12.1. The van der Waals surface area contributed by atoms with E-state index >= 15 is 0 Å². The van der Waals surface area contributed by atoms with E-state index in [2.05, 4.69) is 31.4 Å². The van der Waals surface area contributed by atoms with Crippen molar-refractivity contribution in [1.29, 1.82) is 0 Å². The Morgan fingerprint density at radius 1 is 0.958 bits per heavy atom. The first-order valence-electron chi connectivity index (χ1n) is 8.23. The van der Waals surface area contributed by atoms with Crippen LogP contribution in [-0.2, 0) is 9.59 Å². The molecule has 0 aromatic heterocycles. The summed E-state index contributed by atoms with van der Waals surface area (Å²) >= 11 is 11.8. The predicted molar refractivity (Wildman–Crippen MR) is 98.4 cm³/mol. The summed E-state index contributed by atoms with van der Waals surface area (Å²) in [6.07, 6.45) is 3.95. The number of hydrogen-bond acceptors (Lipinski definition) is 2. The van der Waals surface area contributed by atoms with E-state index in [4.69, 9.17) is 23.2 Å². The van der Waals surface area contributed by atoms with E-state index in [1.807, 2.05) is 0 Å². The van der Waals surface area contributed by atoms with Crippen LogP contribution in [-0.4, -0.2) is 17.9 Å². The number of halogens is 2. The van der Waals surface area contributed by atoms with Gasteiger partial charge in [-0.25, -0.2) is 0 Å². The van der Waals surface area contributed by atoms with E-state index < -0.39 is 11.8 Å². The van der Waals surface area contributed by atoms with E-state index in [1.165, 1.54) is 0 Å². The lowest BCUT2D eigenvalue weighted by Gasteiger charge is -2.37. The largest absolute Gasteiger partial charge is 0.345 e. The van der Waals surface area contributed by atoms with Gasteiger partial charge in [-0.1, -0.05) is 44.0 Å². The molecule has 1 aliphatic rings. The molecule has 0 radical (unpaired) electrons. The Morgan fingerprint density at radius 3 is 2.00 bits per heavy atom. The molecule has 0 atom stereocenters. The second-order valence-electron chi connectivity index (χ2n) is 7.50. The molecule has 2 amide bonds. The fraction of sp³-hybridized carbons (Fsp3) is 0.556. The molecule has 0 unspecified atom stereocenters. The third-order valence-corrected chi connectivity index (χ3v) is 5.05. The molecule has 1 aromatic rings. The smallest absolute Gasteiger partial charge is 0.313 e. The first-order chi connectivity index (χ1) is 11.1. The van der Waals surface area contributed by atoms with E-state index in [1.54, 1.807) is 18.2 Å². The van der Waals surface area contributed by atoms with Crippen LogP contribution < -0.4 is 10.6 Å². The molecule has 24 heavy (non-hydrogen) atoms. The van der Waals surface area contributed by atoms with Crippen LogP contribution in [0.1, 0.15) is 46.5 Å². The number of carbonyl (C=O) groups excluding carboxylic acids is 2. The van der Waals surface area contributed by atoms with Crippen molar-refractivity contribution in [2.24, 2.45) is 11.3 Å². The number of anilines is 1. The predicted octanol–water partition coefficient (Wildman–Crippen LogP) is 4.65. The highest BCUT2D eigenvalue weighted by atomic mass is 35.5. The lowest BCUT2D eigenvalue weighted by molar-refractivity contribution is -0.136. The normalized spacial score (nSPS) is 21.2. The summed E-state index contributed by atoms with van der Waals surface area (Å²) in [5.41, 5.74) is 0.696. The number of nitrogens with one attached hydrogen (secondary N) is 2. The first kappa shape index (κ1) is 19.1. The summed E-state index contributed by atoms with van der Waals surface area (Å²) in [4.78, 5) is 24.1. The SMILES string of the molecule is CC(C)(C)C1CCC(NC(=O)C(=O)Nc2cc(Cl)cc(Cl)c2)CC1. The Morgan fingerprint density at radius 2 is 1.50 bits per heavy atom. The van der Waals surface area contributed by atoms with Crippen LogP contribution in [0.15, 0.2) is 18.2 Å². The average Bonchev–Trinajstić information content (AvgIpc) is 2.45. The zero-order valence-corrected chi connectivity index (χ0v) is 15.8. The second-order valence-corrected chi connectivity index (χ2v) is 8.37. The molecular weight excluding hydrogens is 347 g/mol. The van der Waals surface area contributed by atoms with Crippen LogP contribution in [0.5, 0.6) is 0 Å². The standard InChI is InChI=1S/C18H24Cl2N2O2/c1-18(2,3)11-4-6-14(7-5-11)21-16(23)17(24)22-15-9-12(19)8-13(20)10-15/h8-11,14H,4-7H2,1-3H3,(H,21,23)(H,22,24). The molecule has 2 N–H and O–H groups in total. The molecule has 1 fully saturated rings. The van der Waals surface area contributed by atoms with Gasteiger partial charge in [0.1, 0.15) is 0 Å². The summed E-state index contributed by atoms with van der Waals surface area (Å²) < 4.78 is 0. The van der Waals surface area contributed by atoms with Crippen molar-refractivity contribution in [2.75, 3.05) is 5.32 Å². The molecule has 1 aliphatic carbocycles. The quantitative estimate of drug-likeness (QED) is 0.744. The van der Waals surface area contributed by atoms with Crippen LogP contribution in [0.3, 0.4) is 0 Å². The van der Waals surface area contributed by atoms with Gasteiger partial charge in [0, 0.05) is 21.8 Å². The molecule has 0 aliphatic heterocycles. The van der Waals surface area contributed by atoms with E-state index in [0.717, 1.165) is 25.7 Å². The van der Waals surface area contributed by atoms with Crippen molar-refractivity contribution in [3.63, 3.8) is 0 Å². The molecule has 0 saturated heterocycles. The highest BCUT2D eigenvalue weighted by Crippen LogP contribution is 2.37. The van der Waals surface area contributed by atoms with Crippen molar-refractivity contribution in [2.45, 2.75) is 52.5 Å². The molecular formula is C18H24Cl2N2O2. The maximum Gasteiger partial charge on any atom is 0.313 e. The molecule has 1 aromatic carbocycles. The van der Waals surface area contributed by atoms with Gasteiger partial charge in [0.15, 0.2) is 0 Å². The Balaban J connectivity index is 1.85. The highest BCUT2D eigenvalue weighted by molar-refractivity contribution is 6.40. The number of hydrogen-bond donors (Lipinski definition) is 2. The molecule has 0 heterocycles. The summed E-state index contributed by atoms with van der Waals surface area (Å²) in [7, 11) is 0. The third-order valence-electron chi connectivity index (χ3n) is 4.61. The van der Waals surface area contributed by atoms with E-state index in [0.29, 0.717) is 21.7 Å². The van der Waals surface area contributed by atoms with Gasteiger partial charge in [-0.2, -0.15) is 0 Å². The van der Waals surface area contributed by atoms with Crippen molar-refractivity contribution in [1.82, 2.24) is 5.32 Å². The molecule has 6 heteroatoms. The molecule has 1 saturated carbocycles. The zero-order valence-electron chi connectivity index (χ0n) is 14.3. The van der Waals surface area contributed by atoms with Gasteiger partial charge >= 0.3 is 11.8 Å². The fourth-order valence-corrected chi connectivity index (χ4v) is 3.69. The average molecular weight is 371 g/mol. The zero-order chi connectivity index (χ0) is 17.9. The second kappa shape index (κ2) is 7.75. The Kier molecular flexibility index (Phi) is 6.16. The number of carbonyl (C=O) groups is 2. The van der Waals surface area contributed by atoms with Crippen molar-refractivity contribution in [3.8, 4) is 0 Å². The minimum Gasteiger partial charge on any atom is -0.345 e. The monoisotopic (exact) mass is 370 g/mol. The summed E-state index contributed by atoms with van der Waals surface area (Å²) in [6.45, 7) is 6.75. The van der Waals surface area contributed by atoms with Gasteiger partial charge in [-0.05, 0) is 55.2 Å². The minimum atomic E-state index is -0.703. The number of amides is 2. The lowest BCUT2D eigenvalue weighted by Crippen LogP contribution is -2.44. The Bertz CT molecular complexity index is 598. The van der Waals surface area contributed by atoms with Crippen molar-refractivity contribution >= 4 is 40.7 Å². The molecule has 0 bridgehead atoms. The van der Waals surface area contributed by atoms with E-state index in [-0.39, 0.29) is 11.5 Å².